The molecule has 50 heavy (non-hydrogen) atoms. The van der Waals surface area contributed by atoms with Crippen LogP contribution in [0.2, 0.25) is 0 Å². The minimum Gasteiger partial charge on any atom is -0.455 e. The highest BCUT2D eigenvalue weighted by Crippen LogP contribution is 2.44. The molecular formula is C44H26N4OS. The monoisotopic (exact) mass is 658 g/mol. The van der Waals surface area contributed by atoms with Crippen molar-refractivity contribution in [1.82, 2.24) is 19.9 Å². The fourth-order valence-corrected chi connectivity index (χ4v) is 7.94. The van der Waals surface area contributed by atoms with Gasteiger partial charge in [-0.3, -0.25) is 0 Å². The number of thiophene rings is 1. The van der Waals surface area contributed by atoms with Crippen LogP contribution < -0.4 is 0 Å². The molecule has 5 nitrogen and oxygen atoms in total. The molecule has 0 aliphatic heterocycles. The van der Waals surface area contributed by atoms with Crippen molar-refractivity contribution in [2.24, 2.45) is 0 Å². The maximum atomic E-state index is 6.80. The van der Waals surface area contributed by atoms with Crippen molar-refractivity contribution in [1.29, 1.82) is 0 Å². The second-order valence-corrected chi connectivity index (χ2v) is 13.2. The first kappa shape index (κ1) is 28.5. The molecule has 0 atom stereocenters. The standard InChI is InChI=1S/C44H26N4OS/c1-4-14-27(15-5-1)34-26-35(46-43(45-34)28-16-6-2-7-17-28)30-21-13-24-36-38(30)32-22-12-23-33(41(32)49-36)40-42-39(31-20-10-11-25-37(31)50-42)47-44(48-40)29-18-8-3-9-19-29/h1-26H. The molecule has 0 aliphatic carbocycles. The van der Waals surface area contributed by atoms with E-state index < -0.39 is 0 Å². The summed E-state index contributed by atoms with van der Waals surface area (Å²) < 4.78 is 9.01. The Balaban J connectivity index is 1.23. The van der Waals surface area contributed by atoms with E-state index in [1.54, 1.807) is 11.3 Å². The number of para-hydroxylation sites is 1. The zero-order valence-electron chi connectivity index (χ0n) is 26.6. The van der Waals surface area contributed by atoms with Crippen LogP contribution >= 0.6 is 11.3 Å². The summed E-state index contributed by atoms with van der Waals surface area (Å²) in [5, 5.41) is 3.13. The number of fused-ring (bicyclic) bond motifs is 6. The summed E-state index contributed by atoms with van der Waals surface area (Å²) >= 11 is 1.72. The van der Waals surface area contributed by atoms with Crippen LogP contribution in [0.1, 0.15) is 0 Å². The third-order valence-corrected chi connectivity index (χ3v) is 10.3. The fourth-order valence-electron chi connectivity index (χ4n) is 6.80. The molecule has 0 N–H and O–H groups in total. The lowest BCUT2D eigenvalue weighted by atomic mass is 10.00. The highest BCUT2D eigenvalue weighted by Gasteiger charge is 2.22. The number of nitrogens with zero attached hydrogens (tertiary/aromatic N) is 4. The Morgan fingerprint density at radius 3 is 1.82 bits per heavy atom. The van der Waals surface area contributed by atoms with Gasteiger partial charge in [-0.15, -0.1) is 11.3 Å². The average molecular weight is 659 g/mol. The minimum absolute atomic E-state index is 0.675. The summed E-state index contributed by atoms with van der Waals surface area (Å²) in [7, 11) is 0. The summed E-state index contributed by atoms with van der Waals surface area (Å²) in [4.78, 5) is 20.5. The number of hydrogen-bond donors (Lipinski definition) is 0. The van der Waals surface area contributed by atoms with Gasteiger partial charge in [0.1, 0.15) is 11.2 Å². The maximum absolute atomic E-state index is 6.80. The maximum Gasteiger partial charge on any atom is 0.160 e. The summed E-state index contributed by atoms with van der Waals surface area (Å²) in [5.74, 6) is 1.36. The molecule has 10 rings (SSSR count). The van der Waals surface area contributed by atoms with Crippen LogP contribution in [0.15, 0.2) is 162 Å². The van der Waals surface area contributed by atoms with Gasteiger partial charge in [-0.1, -0.05) is 133 Å². The first-order chi connectivity index (χ1) is 24.8. The third kappa shape index (κ3) is 4.69. The molecule has 10 aromatic rings. The molecule has 0 saturated heterocycles. The Bertz CT molecular complexity index is 2810. The van der Waals surface area contributed by atoms with Gasteiger partial charge in [-0.2, -0.15) is 0 Å². The number of hydrogen-bond acceptors (Lipinski definition) is 6. The van der Waals surface area contributed by atoms with Gasteiger partial charge in [0.25, 0.3) is 0 Å². The highest BCUT2D eigenvalue weighted by molar-refractivity contribution is 7.26. The van der Waals surface area contributed by atoms with E-state index in [2.05, 4.69) is 78.9 Å². The molecule has 0 bridgehead atoms. The van der Waals surface area contributed by atoms with Crippen molar-refractivity contribution in [3.8, 4) is 56.5 Å². The molecule has 0 radical (unpaired) electrons. The van der Waals surface area contributed by atoms with Crippen LogP contribution in [0.4, 0.5) is 0 Å². The van der Waals surface area contributed by atoms with Crippen LogP contribution in [-0.2, 0) is 0 Å². The lowest BCUT2D eigenvalue weighted by Crippen LogP contribution is -1.96. The molecule has 4 heterocycles. The van der Waals surface area contributed by atoms with Gasteiger partial charge in [-0.25, -0.2) is 19.9 Å². The summed E-state index contributed by atoms with van der Waals surface area (Å²) in [6.07, 6.45) is 0. The Labute approximate surface area is 291 Å². The molecule has 0 spiro atoms. The quantitative estimate of drug-likeness (QED) is 0.184. The van der Waals surface area contributed by atoms with Crippen molar-refractivity contribution in [3.63, 3.8) is 0 Å². The molecule has 6 aromatic carbocycles. The second-order valence-electron chi connectivity index (χ2n) is 12.2. The van der Waals surface area contributed by atoms with E-state index in [0.717, 1.165) is 82.4 Å². The SMILES string of the molecule is c1ccc(-c2cc(-c3cccc4oc5c(-c6nc(-c7ccccc7)nc7c6sc6ccccc67)cccc5c34)nc(-c3ccccc3)n2)cc1. The largest absolute Gasteiger partial charge is 0.455 e. The van der Waals surface area contributed by atoms with Crippen molar-refractivity contribution in [3.05, 3.63) is 158 Å². The van der Waals surface area contributed by atoms with Gasteiger partial charge in [-0.05, 0) is 24.3 Å². The fraction of sp³-hybridized carbons (Fsp3) is 0. The summed E-state index contributed by atoms with van der Waals surface area (Å²) in [6, 6.07) is 53.6. The first-order valence-electron chi connectivity index (χ1n) is 16.5. The molecule has 0 saturated carbocycles. The third-order valence-electron chi connectivity index (χ3n) is 9.13. The molecule has 0 unspecified atom stereocenters. The highest BCUT2D eigenvalue weighted by atomic mass is 32.1. The minimum atomic E-state index is 0.675. The van der Waals surface area contributed by atoms with Crippen LogP contribution in [0.25, 0.3) is 98.8 Å². The molecular weight excluding hydrogens is 633 g/mol. The summed E-state index contributed by atoms with van der Waals surface area (Å²) in [6.45, 7) is 0. The lowest BCUT2D eigenvalue weighted by Gasteiger charge is -2.10. The Kier molecular flexibility index (Phi) is 6.60. The van der Waals surface area contributed by atoms with Crippen molar-refractivity contribution in [2.75, 3.05) is 0 Å². The number of rotatable bonds is 5. The van der Waals surface area contributed by atoms with Crippen LogP contribution in [0.5, 0.6) is 0 Å². The van der Waals surface area contributed by atoms with Crippen molar-refractivity contribution >= 4 is 53.6 Å². The predicted octanol–water partition coefficient (Wildman–Crippen LogP) is 11.9. The van der Waals surface area contributed by atoms with Gasteiger partial charge >= 0.3 is 0 Å². The van der Waals surface area contributed by atoms with Crippen molar-refractivity contribution < 1.29 is 4.42 Å². The zero-order valence-corrected chi connectivity index (χ0v) is 27.4. The normalized spacial score (nSPS) is 11.6. The number of furan rings is 1. The van der Waals surface area contributed by atoms with Crippen LogP contribution in [0.3, 0.4) is 0 Å². The van der Waals surface area contributed by atoms with E-state index >= 15 is 0 Å². The number of benzene rings is 6. The van der Waals surface area contributed by atoms with Crippen molar-refractivity contribution in [2.45, 2.75) is 0 Å². The zero-order chi connectivity index (χ0) is 33.0. The average Bonchev–Trinajstić information content (AvgIpc) is 3.77. The molecule has 234 valence electrons. The van der Waals surface area contributed by atoms with E-state index in [1.807, 2.05) is 78.9 Å². The molecule has 0 aliphatic rings. The van der Waals surface area contributed by atoms with E-state index in [4.69, 9.17) is 24.4 Å². The predicted molar refractivity (Wildman–Crippen MR) is 205 cm³/mol. The molecule has 0 fully saturated rings. The molecule has 4 aromatic heterocycles. The summed E-state index contributed by atoms with van der Waals surface area (Å²) in [5.41, 5.74) is 9.95. The van der Waals surface area contributed by atoms with Gasteiger partial charge in [0.2, 0.25) is 0 Å². The van der Waals surface area contributed by atoms with E-state index in [9.17, 15) is 0 Å². The van der Waals surface area contributed by atoms with E-state index in [-0.39, 0.29) is 0 Å². The smallest absolute Gasteiger partial charge is 0.160 e. The Morgan fingerprint density at radius 1 is 0.460 bits per heavy atom. The topological polar surface area (TPSA) is 64.7 Å². The first-order valence-corrected chi connectivity index (χ1v) is 17.3. The van der Waals surface area contributed by atoms with E-state index in [1.165, 1.54) is 4.70 Å². The van der Waals surface area contributed by atoms with Gasteiger partial charge in [0, 0.05) is 48.7 Å². The lowest BCUT2D eigenvalue weighted by molar-refractivity contribution is 0.670. The van der Waals surface area contributed by atoms with Crippen LogP contribution in [0, 0.1) is 0 Å². The molecule has 0 amide bonds. The van der Waals surface area contributed by atoms with Crippen LogP contribution in [-0.4, -0.2) is 19.9 Å². The van der Waals surface area contributed by atoms with Gasteiger partial charge < -0.3 is 4.42 Å². The van der Waals surface area contributed by atoms with E-state index in [0.29, 0.717) is 11.6 Å². The van der Waals surface area contributed by atoms with Gasteiger partial charge in [0.15, 0.2) is 11.6 Å². The molecule has 6 heteroatoms. The Morgan fingerprint density at radius 2 is 1.06 bits per heavy atom. The Hall–Kier alpha value is -6.50. The second kappa shape index (κ2) is 11.6. The number of aromatic nitrogens is 4. The van der Waals surface area contributed by atoms with Gasteiger partial charge in [0.05, 0.1) is 27.3 Å².